The lowest BCUT2D eigenvalue weighted by atomic mass is 9.85. The summed E-state index contributed by atoms with van der Waals surface area (Å²) in [5, 5.41) is 0. The van der Waals surface area contributed by atoms with Gasteiger partial charge in [0.25, 0.3) is 0 Å². The number of hydrogen-bond acceptors (Lipinski definition) is 5. The molecule has 1 saturated carbocycles. The zero-order chi connectivity index (χ0) is 13.1. The number of aromatic nitrogens is 1. The Morgan fingerprint density at radius 2 is 2.28 bits per heavy atom. The molecule has 1 aromatic rings. The average molecular weight is 249 g/mol. The Bertz CT molecular complexity index is 444. The summed E-state index contributed by atoms with van der Waals surface area (Å²) in [6.45, 7) is 0.932. The minimum Gasteiger partial charge on any atom is -0.464 e. The number of nitrogens with zero attached hydrogens (tertiary/aromatic N) is 2. The highest BCUT2D eigenvalue weighted by Crippen LogP contribution is 2.29. The van der Waals surface area contributed by atoms with Crippen molar-refractivity contribution in [2.75, 3.05) is 31.3 Å². The Kier molecular flexibility index (Phi) is 3.69. The molecule has 5 heteroatoms. The van der Waals surface area contributed by atoms with E-state index in [1.54, 1.807) is 12.1 Å². The maximum Gasteiger partial charge on any atom is 0.356 e. The van der Waals surface area contributed by atoms with Crippen LogP contribution >= 0.6 is 0 Å². The minimum atomic E-state index is -0.437. The predicted octanol–water partition coefficient (Wildman–Crippen LogP) is 1.69. The van der Waals surface area contributed by atoms with E-state index in [0.29, 0.717) is 17.2 Å². The van der Waals surface area contributed by atoms with Crippen molar-refractivity contribution in [1.82, 2.24) is 4.98 Å². The first-order valence-corrected chi connectivity index (χ1v) is 6.17. The van der Waals surface area contributed by atoms with Crippen molar-refractivity contribution in [2.45, 2.75) is 19.3 Å². The van der Waals surface area contributed by atoms with Gasteiger partial charge in [0, 0.05) is 13.6 Å². The Morgan fingerprint density at radius 1 is 1.56 bits per heavy atom. The predicted molar refractivity (Wildman–Crippen MR) is 70.6 cm³/mol. The van der Waals surface area contributed by atoms with Crippen molar-refractivity contribution < 1.29 is 9.53 Å². The molecule has 2 N–H and O–H groups in total. The molecule has 0 unspecified atom stereocenters. The van der Waals surface area contributed by atoms with Gasteiger partial charge >= 0.3 is 5.97 Å². The fourth-order valence-corrected chi connectivity index (χ4v) is 2.13. The van der Waals surface area contributed by atoms with Crippen molar-refractivity contribution >= 4 is 17.5 Å². The van der Waals surface area contributed by atoms with Crippen molar-refractivity contribution in [2.24, 2.45) is 5.92 Å². The van der Waals surface area contributed by atoms with Gasteiger partial charge in [0.1, 0.15) is 0 Å². The van der Waals surface area contributed by atoms with Crippen LogP contribution in [0.4, 0.5) is 11.5 Å². The summed E-state index contributed by atoms with van der Waals surface area (Å²) in [5.74, 6) is 0.941. The molecular weight excluding hydrogens is 230 g/mol. The molecule has 1 heterocycles. The molecule has 0 amide bonds. The summed E-state index contributed by atoms with van der Waals surface area (Å²) >= 11 is 0. The summed E-state index contributed by atoms with van der Waals surface area (Å²) in [5.41, 5.74) is 6.79. The first-order valence-electron chi connectivity index (χ1n) is 6.17. The minimum absolute atomic E-state index is 0.294. The number of methoxy groups -OCH3 is 1. The first kappa shape index (κ1) is 12.7. The normalized spacial score (nSPS) is 15.0. The SMILES string of the molecule is COC(=O)c1ccc(N)c(N(C)CC2CCC2)n1. The second-order valence-electron chi connectivity index (χ2n) is 4.78. The number of esters is 1. The van der Waals surface area contributed by atoms with Gasteiger partial charge in [-0.15, -0.1) is 0 Å². The lowest BCUT2D eigenvalue weighted by Crippen LogP contribution is -2.30. The van der Waals surface area contributed by atoms with Gasteiger partial charge in [-0.2, -0.15) is 0 Å². The summed E-state index contributed by atoms with van der Waals surface area (Å²) in [6.07, 6.45) is 3.84. The van der Waals surface area contributed by atoms with Crippen molar-refractivity contribution in [3.63, 3.8) is 0 Å². The lowest BCUT2D eigenvalue weighted by Gasteiger charge is -2.31. The fourth-order valence-electron chi connectivity index (χ4n) is 2.13. The van der Waals surface area contributed by atoms with Crippen LogP contribution in [0.25, 0.3) is 0 Å². The van der Waals surface area contributed by atoms with E-state index in [0.717, 1.165) is 12.5 Å². The highest BCUT2D eigenvalue weighted by atomic mass is 16.5. The number of pyridine rings is 1. The lowest BCUT2D eigenvalue weighted by molar-refractivity contribution is 0.0594. The fraction of sp³-hybridized carbons (Fsp3) is 0.538. The molecule has 0 atom stereocenters. The van der Waals surface area contributed by atoms with Crippen LogP contribution in [0.1, 0.15) is 29.8 Å². The third-order valence-electron chi connectivity index (χ3n) is 3.42. The molecule has 0 saturated heterocycles. The quantitative estimate of drug-likeness (QED) is 0.822. The molecule has 0 radical (unpaired) electrons. The second-order valence-corrected chi connectivity index (χ2v) is 4.78. The Labute approximate surface area is 107 Å². The highest BCUT2D eigenvalue weighted by molar-refractivity contribution is 5.88. The Balaban J connectivity index is 2.16. The molecule has 0 aromatic carbocycles. The van der Waals surface area contributed by atoms with E-state index < -0.39 is 5.97 Å². The van der Waals surface area contributed by atoms with Crippen LogP contribution in [0, 0.1) is 5.92 Å². The van der Waals surface area contributed by atoms with E-state index in [1.165, 1.54) is 26.4 Å². The molecule has 2 rings (SSSR count). The summed E-state index contributed by atoms with van der Waals surface area (Å²) < 4.78 is 4.66. The van der Waals surface area contributed by atoms with Crippen LogP contribution in [0.5, 0.6) is 0 Å². The highest BCUT2D eigenvalue weighted by Gasteiger charge is 2.21. The monoisotopic (exact) mass is 249 g/mol. The number of hydrogen-bond donors (Lipinski definition) is 1. The molecule has 18 heavy (non-hydrogen) atoms. The molecule has 98 valence electrons. The van der Waals surface area contributed by atoms with Crippen LogP contribution in [0.3, 0.4) is 0 Å². The molecule has 1 aliphatic rings. The molecule has 0 aliphatic heterocycles. The number of carbonyl (C=O) groups is 1. The smallest absolute Gasteiger partial charge is 0.356 e. The Hall–Kier alpha value is -1.78. The number of anilines is 2. The van der Waals surface area contributed by atoms with E-state index in [-0.39, 0.29) is 0 Å². The van der Waals surface area contributed by atoms with Gasteiger partial charge < -0.3 is 15.4 Å². The van der Waals surface area contributed by atoms with E-state index in [9.17, 15) is 4.79 Å². The van der Waals surface area contributed by atoms with Crippen LogP contribution in [-0.4, -0.2) is 31.7 Å². The van der Waals surface area contributed by atoms with E-state index in [2.05, 4.69) is 9.72 Å². The number of carbonyl (C=O) groups excluding carboxylic acids is 1. The van der Waals surface area contributed by atoms with E-state index >= 15 is 0 Å². The molecule has 1 fully saturated rings. The van der Waals surface area contributed by atoms with Crippen molar-refractivity contribution in [1.29, 1.82) is 0 Å². The largest absolute Gasteiger partial charge is 0.464 e. The molecule has 1 aliphatic carbocycles. The van der Waals surface area contributed by atoms with Gasteiger partial charge in [-0.05, 0) is 30.9 Å². The maximum absolute atomic E-state index is 11.4. The zero-order valence-electron chi connectivity index (χ0n) is 10.8. The maximum atomic E-state index is 11.4. The molecular formula is C13H19N3O2. The Morgan fingerprint density at radius 3 is 2.83 bits per heavy atom. The second kappa shape index (κ2) is 5.25. The number of rotatable bonds is 4. The van der Waals surface area contributed by atoms with Gasteiger partial charge in [0.15, 0.2) is 11.5 Å². The average Bonchev–Trinajstić information content (AvgIpc) is 2.33. The third-order valence-corrected chi connectivity index (χ3v) is 3.42. The van der Waals surface area contributed by atoms with Crippen LogP contribution in [0.2, 0.25) is 0 Å². The van der Waals surface area contributed by atoms with E-state index in [1.807, 2.05) is 11.9 Å². The number of ether oxygens (including phenoxy) is 1. The van der Waals surface area contributed by atoms with Crippen molar-refractivity contribution in [3.8, 4) is 0 Å². The van der Waals surface area contributed by atoms with Gasteiger partial charge in [-0.25, -0.2) is 9.78 Å². The molecule has 1 aromatic heterocycles. The van der Waals surface area contributed by atoms with Crippen LogP contribution in [-0.2, 0) is 4.74 Å². The van der Waals surface area contributed by atoms with Gasteiger partial charge in [-0.1, -0.05) is 6.42 Å². The molecule has 0 spiro atoms. The molecule has 5 nitrogen and oxygen atoms in total. The first-order chi connectivity index (χ1) is 8.61. The van der Waals surface area contributed by atoms with Crippen LogP contribution in [0.15, 0.2) is 12.1 Å². The van der Waals surface area contributed by atoms with Crippen LogP contribution < -0.4 is 10.6 Å². The van der Waals surface area contributed by atoms with Crippen molar-refractivity contribution in [3.05, 3.63) is 17.8 Å². The standard InChI is InChI=1S/C13H19N3O2/c1-16(8-9-4-3-5-9)12-10(14)6-7-11(15-12)13(17)18-2/h6-7,9H,3-5,8,14H2,1-2H3. The summed E-state index contributed by atoms with van der Waals surface area (Å²) in [6, 6.07) is 3.29. The topological polar surface area (TPSA) is 68.5 Å². The van der Waals surface area contributed by atoms with Gasteiger partial charge in [0.2, 0.25) is 0 Å². The van der Waals surface area contributed by atoms with Gasteiger partial charge in [0.05, 0.1) is 12.8 Å². The summed E-state index contributed by atoms with van der Waals surface area (Å²) in [4.78, 5) is 17.7. The number of nitrogen functional groups attached to an aromatic ring is 1. The summed E-state index contributed by atoms with van der Waals surface area (Å²) in [7, 11) is 3.30. The third kappa shape index (κ3) is 2.55. The number of nitrogens with two attached hydrogens (primary N) is 1. The van der Waals surface area contributed by atoms with E-state index in [4.69, 9.17) is 5.73 Å². The molecule has 0 bridgehead atoms. The van der Waals surface area contributed by atoms with Gasteiger partial charge in [-0.3, -0.25) is 0 Å². The zero-order valence-corrected chi connectivity index (χ0v) is 10.8.